The molecule has 4 heteroatoms. The summed E-state index contributed by atoms with van der Waals surface area (Å²) in [5.41, 5.74) is 3.44. The standard InChI is InChI=1S/C16H17N3O/c1-19(16(20)10-14-11-17-6-7-18-14)15-8-12-4-2-3-5-13(12)9-15/h2-7,11,15H,8-10H2,1H3. The number of likely N-dealkylation sites (N-methyl/N-ethyl adjacent to an activating group) is 1. The zero-order valence-electron chi connectivity index (χ0n) is 11.5. The molecule has 4 nitrogen and oxygen atoms in total. The molecule has 0 bridgehead atoms. The van der Waals surface area contributed by atoms with Gasteiger partial charge in [0.05, 0.1) is 12.1 Å². The normalized spacial score (nSPS) is 14.1. The minimum atomic E-state index is 0.100. The predicted molar refractivity (Wildman–Crippen MR) is 76.1 cm³/mol. The van der Waals surface area contributed by atoms with Crippen LogP contribution in [-0.2, 0) is 24.1 Å². The summed E-state index contributed by atoms with van der Waals surface area (Å²) in [7, 11) is 1.88. The fourth-order valence-electron chi connectivity index (χ4n) is 2.71. The van der Waals surface area contributed by atoms with Crippen LogP contribution in [0, 0.1) is 0 Å². The molecule has 0 spiro atoms. The molecule has 0 saturated heterocycles. The van der Waals surface area contributed by atoms with Gasteiger partial charge in [0.25, 0.3) is 0 Å². The van der Waals surface area contributed by atoms with Crippen LogP contribution in [0.4, 0.5) is 0 Å². The number of benzene rings is 1. The Balaban J connectivity index is 1.66. The topological polar surface area (TPSA) is 46.1 Å². The monoisotopic (exact) mass is 267 g/mol. The average Bonchev–Trinajstić information content (AvgIpc) is 2.91. The van der Waals surface area contributed by atoms with E-state index < -0.39 is 0 Å². The van der Waals surface area contributed by atoms with E-state index in [0.717, 1.165) is 18.5 Å². The number of fused-ring (bicyclic) bond motifs is 1. The van der Waals surface area contributed by atoms with E-state index in [-0.39, 0.29) is 11.9 Å². The van der Waals surface area contributed by atoms with E-state index in [1.54, 1.807) is 18.6 Å². The first kappa shape index (κ1) is 12.8. The van der Waals surface area contributed by atoms with Crippen molar-refractivity contribution in [3.05, 3.63) is 59.7 Å². The highest BCUT2D eigenvalue weighted by Gasteiger charge is 2.27. The van der Waals surface area contributed by atoms with Crippen LogP contribution in [0.25, 0.3) is 0 Å². The SMILES string of the molecule is CN(C(=O)Cc1cnccn1)C1Cc2ccccc2C1. The minimum absolute atomic E-state index is 0.100. The molecule has 20 heavy (non-hydrogen) atoms. The smallest absolute Gasteiger partial charge is 0.228 e. The van der Waals surface area contributed by atoms with Crippen molar-refractivity contribution in [2.45, 2.75) is 25.3 Å². The third-order valence-corrected chi connectivity index (χ3v) is 3.92. The van der Waals surface area contributed by atoms with Crippen LogP contribution in [0.3, 0.4) is 0 Å². The maximum Gasteiger partial charge on any atom is 0.228 e. The van der Waals surface area contributed by atoms with Gasteiger partial charge in [-0.3, -0.25) is 14.8 Å². The molecule has 0 N–H and O–H groups in total. The summed E-state index contributed by atoms with van der Waals surface area (Å²) < 4.78 is 0. The zero-order chi connectivity index (χ0) is 13.9. The Morgan fingerprint density at radius 3 is 2.55 bits per heavy atom. The van der Waals surface area contributed by atoms with Crippen molar-refractivity contribution < 1.29 is 4.79 Å². The fourth-order valence-corrected chi connectivity index (χ4v) is 2.71. The van der Waals surface area contributed by atoms with E-state index >= 15 is 0 Å². The lowest BCUT2D eigenvalue weighted by Crippen LogP contribution is -2.38. The molecule has 0 unspecified atom stereocenters. The van der Waals surface area contributed by atoms with Gasteiger partial charge in [-0.25, -0.2) is 0 Å². The number of nitrogens with zero attached hydrogens (tertiary/aromatic N) is 3. The van der Waals surface area contributed by atoms with Gasteiger partial charge in [0.2, 0.25) is 5.91 Å². The van der Waals surface area contributed by atoms with Crippen molar-refractivity contribution in [1.29, 1.82) is 0 Å². The molecular formula is C16H17N3O. The van der Waals surface area contributed by atoms with Gasteiger partial charge in [0, 0.05) is 31.7 Å². The van der Waals surface area contributed by atoms with E-state index in [0.29, 0.717) is 6.42 Å². The van der Waals surface area contributed by atoms with Crippen molar-refractivity contribution in [1.82, 2.24) is 14.9 Å². The van der Waals surface area contributed by atoms with E-state index in [9.17, 15) is 4.79 Å². The van der Waals surface area contributed by atoms with Crippen LogP contribution in [0.5, 0.6) is 0 Å². The van der Waals surface area contributed by atoms with Gasteiger partial charge in [-0.15, -0.1) is 0 Å². The molecular weight excluding hydrogens is 250 g/mol. The molecule has 0 aliphatic heterocycles. The van der Waals surface area contributed by atoms with Crippen LogP contribution in [0.2, 0.25) is 0 Å². The fraction of sp³-hybridized carbons (Fsp3) is 0.312. The lowest BCUT2D eigenvalue weighted by Gasteiger charge is -2.24. The molecule has 102 valence electrons. The number of hydrogen-bond donors (Lipinski definition) is 0. The Hall–Kier alpha value is -2.23. The number of carbonyl (C=O) groups excluding carboxylic acids is 1. The lowest BCUT2D eigenvalue weighted by molar-refractivity contribution is -0.131. The summed E-state index contributed by atoms with van der Waals surface area (Å²) in [5, 5.41) is 0. The van der Waals surface area contributed by atoms with Crippen LogP contribution in [0.1, 0.15) is 16.8 Å². The molecule has 3 rings (SSSR count). The molecule has 0 atom stereocenters. The minimum Gasteiger partial charge on any atom is -0.342 e. The molecule has 1 aromatic carbocycles. The van der Waals surface area contributed by atoms with E-state index in [2.05, 4.69) is 34.2 Å². The number of amides is 1. The Kier molecular flexibility index (Phi) is 3.46. The van der Waals surface area contributed by atoms with Crippen LogP contribution in [-0.4, -0.2) is 33.9 Å². The Labute approximate surface area is 118 Å². The van der Waals surface area contributed by atoms with E-state index in [1.165, 1.54) is 11.1 Å². The second-order valence-corrected chi connectivity index (χ2v) is 5.21. The Morgan fingerprint density at radius 2 is 1.95 bits per heavy atom. The van der Waals surface area contributed by atoms with Gasteiger partial charge >= 0.3 is 0 Å². The molecule has 1 heterocycles. The molecule has 1 aromatic heterocycles. The summed E-state index contributed by atoms with van der Waals surface area (Å²) in [6, 6.07) is 8.68. The first-order chi connectivity index (χ1) is 9.74. The number of carbonyl (C=O) groups is 1. The van der Waals surface area contributed by atoms with Gasteiger partial charge in [-0.05, 0) is 24.0 Å². The maximum absolute atomic E-state index is 12.3. The molecule has 0 saturated carbocycles. The summed E-state index contributed by atoms with van der Waals surface area (Å²) >= 11 is 0. The summed E-state index contributed by atoms with van der Waals surface area (Å²) in [6.45, 7) is 0. The van der Waals surface area contributed by atoms with E-state index in [1.807, 2.05) is 11.9 Å². The molecule has 1 aliphatic rings. The number of rotatable bonds is 3. The maximum atomic E-state index is 12.3. The predicted octanol–water partition coefficient (Wildman–Crippen LogP) is 1.64. The second-order valence-electron chi connectivity index (χ2n) is 5.21. The third-order valence-electron chi connectivity index (χ3n) is 3.92. The van der Waals surface area contributed by atoms with Crippen molar-refractivity contribution in [2.75, 3.05) is 7.05 Å². The zero-order valence-corrected chi connectivity index (χ0v) is 11.5. The van der Waals surface area contributed by atoms with Gasteiger partial charge in [0.15, 0.2) is 0 Å². The largest absolute Gasteiger partial charge is 0.342 e. The van der Waals surface area contributed by atoms with Gasteiger partial charge in [-0.1, -0.05) is 24.3 Å². The van der Waals surface area contributed by atoms with Gasteiger partial charge in [-0.2, -0.15) is 0 Å². The highest BCUT2D eigenvalue weighted by molar-refractivity contribution is 5.78. The number of aromatic nitrogens is 2. The summed E-state index contributed by atoms with van der Waals surface area (Å²) in [5.74, 6) is 0.100. The van der Waals surface area contributed by atoms with Crippen molar-refractivity contribution in [3.8, 4) is 0 Å². The number of hydrogen-bond acceptors (Lipinski definition) is 3. The quantitative estimate of drug-likeness (QED) is 0.849. The molecule has 1 amide bonds. The van der Waals surface area contributed by atoms with Crippen LogP contribution >= 0.6 is 0 Å². The molecule has 0 fully saturated rings. The van der Waals surface area contributed by atoms with Crippen molar-refractivity contribution >= 4 is 5.91 Å². The highest BCUT2D eigenvalue weighted by atomic mass is 16.2. The molecule has 1 aliphatic carbocycles. The average molecular weight is 267 g/mol. The lowest BCUT2D eigenvalue weighted by atomic mass is 10.1. The van der Waals surface area contributed by atoms with Gasteiger partial charge < -0.3 is 4.90 Å². The van der Waals surface area contributed by atoms with Crippen molar-refractivity contribution in [3.63, 3.8) is 0 Å². The third kappa shape index (κ3) is 2.54. The first-order valence-corrected chi connectivity index (χ1v) is 6.81. The molecule has 2 aromatic rings. The first-order valence-electron chi connectivity index (χ1n) is 6.81. The highest BCUT2D eigenvalue weighted by Crippen LogP contribution is 2.24. The molecule has 0 radical (unpaired) electrons. The van der Waals surface area contributed by atoms with Crippen LogP contribution in [0.15, 0.2) is 42.9 Å². The van der Waals surface area contributed by atoms with Crippen molar-refractivity contribution in [2.24, 2.45) is 0 Å². The summed E-state index contributed by atoms with van der Waals surface area (Å²) in [6.07, 6.45) is 7.09. The Bertz CT molecular complexity index is 587. The second kappa shape index (κ2) is 5.41. The van der Waals surface area contributed by atoms with Crippen LogP contribution < -0.4 is 0 Å². The summed E-state index contributed by atoms with van der Waals surface area (Å²) in [4.78, 5) is 22.3. The Morgan fingerprint density at radius 1 is 1.25 bits per heavy atom. The van der Waals surface area contributed by atoms with Gasteiger partial charge in [0.1, 0.15) is 0 Å². The van der Waals surface area contributed by atoms with E-state index in [4.69, 9.17) is 0 Å².